The van der Waals surface area contributed by atoms with Gasteiger partial charge in [-0.15, -0.1) is 11.3 Å². The van der Waals surface area contributed by atoms with E-state index in [2.05, 4.69) is 187 Å². The lowest BCUT2D eigenvalue weighted by Gasteiger charge is -2.16. The molecule has 0 saturated heterocycles. The van der Waals surface area contributed by atoms with Gasteiger partial charge in [-0.3, -0.25) is 0 Å². The summed E-state index contributed by atoms with van der Waals surface area (Å²) in [5, 5.41) is 11.8. The predicted molar refractivity (Wildman–Crippen MR) is 236 cm³/mol. The van der Waals surface area contributed by atoms with Crippen molar-refractivity contribution in [1.29, 1.82) is 0 Å². The van der Waals surface area contributed by atoms with Gasteiger partial charge >= 0.3 is 0 Å². The number of para-hydroxylation sites is 1. The van der Waals surface area contributed by atoms with Crippen LogP contribution in [-0.2, 0) is 0 Å². The molecule has 0 amide bonds. The summed E-state index contributed by atoms with van der Waals surface area (Å²) < 4.78 is 4.84. The Bertz CT molecular complexity index is 3460. The minimum atomic E-state index is 0.639. The zero-order chi connectivity index (χ0) is 36.7. The monoisotopic (exact) mass is 730 g/mol. The number of rotatable bonds is 4. The number of thiophene rings is 1. The third-order valence-electron chi connectivity index (χ3n) is 11.2. The van der Waals surface area contributed by atoms with Crippen molar-refractivity contribution in [3.63, 3.8) is 0 Å². The molecular formula is C51H30N4S. The molecule has 0 N–H and O–H groups in total. The van der Waals surface area contributed by atoms with Gasteiger partial charge in [0.05, 0.1) is 22.3 Å². The summed E-state index contributed by atoms with van der Waals surface area (Å²) in [6.45, 7) is 0. The molecule has 0 spiro atoms. The molecule has 0 atom stereocenters. The Morgan fingerprint density at radius 3 is 1.57 bits per heavy atom. The number of nitrogens with zero attached hydrogens (tertiary/aromatic N) is 4. The maximum Gasteiger partial charge on any atom is 0.166 e. The van der Waals surface area contributed by atoms with Crippen LogP contribution in [-0.4, -0.2) is 19.5 Å². The van der Waals surface area contributed by atoms with Crippen molar-refractivity contribution in [2.75, 3.05) is 0 Å². The highest BCUT2D eigenvalue weighted by Crippen LogP contribution is 2.45. The summed E-state index contributed by atoms with van der Waals surface area (Å²) in [4.78, 5) is 16.2. The van der Waals surface area contributed by atoms with Gasteiger partial charge in [-0.25, -0.2) is 15.0 Å². The highest BCUT2D eigenvalue weighted by atomic mass is 32.1. The van der Waals surface area contributed by atoms with Crippen LogP contribution >= 0.6 is 11.3 Å². The topological polar surface area (TPSA) is 43.6 Å². The number of hydrogen-bond acceptors (Lipinski definition) is 4. The van der Waals surface area contributed by atoms with Crippen LogP contribution in [0.3, 0.4) is 0 Å². The summed E-state index contributed by atoms with van der Waals surface area (Å²) in [6, 6.07) is 65.1. The third kappa shape index (κ3) is 4.81. The summed E-state index contributed by atoms with van der Waals surface area (Å²) >= 11 is 1.81. The summed E-state index contributed by atoms with van der Waals surface area (Å²) in [5.41, 5.74) is 6.19. The van der Waals surface area contributed by atoms with Crippen LogP contribution in [0.15, 0.2) is 182 Å². The van der Waals surface area contributed by atoms with Gasteiger partial charge in [-0.05, 0) is 80.8 Å². The summed E-state index contributed by atoms with van der Waals surface area (Å²) in [5.74, 6) is 1.92. The van der Waals surface area contributed by atoms with Gasteiger partial charge in [-0.1, -0.05) is 133 Å². The Morgan fingerprint density at radius 2 is 0.893 bits per heavy atom. The molecule has 12 rings (SSSR count). The first-order valence-electron chi connectivity index (χ1n) is 18.8. The second-order valence-corrected chi connectivity index (χ2v) is 15.5. The van der Waals surface area contributed by atoms with Crippen molar-refractivity contribution in [3.8, 4) is 39.9 Å². The van der Waals surface area contributed by atoms with Crippen molar-refractivity contribution in [3.05, 3.63) is 182 Å². The molecule has 5 heteroatoms. The molecule has 12 aromatic rings. The quantitative estimate of drug-likeness (QED) is 0.181. The van der Waals surface area contributed by atoms with Gasteiger partial charge in [-0.2, -0.15) is 0 Å². The molecule has 0 saturated carbocycles. The SMILES string of the molecule is c1ccc2cc(-c3nc(-c4ccc5ccccc5c4)nc(-c4c(-n5c6ccccc6c6cc7ccccc7cc65)ccc5sc6ccccc6c45)n3)ccc2c1. The molecular weight excluding hydrogens is 701 g/mol. The Kier molecular flexibility index (Phi) is 6.76. The average Bonchev–Trinajstić information content (AvgIpc) is 3.80. The Labute approximate surface area is 325 Å². The molecule has 0 radical (unpaired) electrons. The third-order valence-corrected chi connectivity index (χ3v) is 12.3. The van der Waals surface area contributed by atoms with E-state index in [-0.39, 0.29) is 0 Å². The van der Waals surface area contributed by atoms with E-state index < -0.39 is 0 Å². The maximum absolute atomic E-state index is 5.45. The van der Waals surface area contributed by atoms with Gasteiger partial charge in [0.15, 0.2) is 17.5 Å². The van der Waals surface area contributed by atoms with Gasteiger partial charge < -0.3 is 4.57 Å². The molecule has 3 heterocycles. The van der Waals surface area contributed by atoms with Gasteiger partial charge in [0.1, 0.15) is 0 Å². The molecule has 4 nitrogen and oxygen atoms in total. The van der Waals surface area contributed by atoms with Gasteiger partial charge in [0, 0.05) is 42.1 Å². The van der Waals surface area contributed by atoms with Gasteiger partial charge in [0.25, 0.3) is 0 Å². The molecule has 0 aliphatic heterocycles. The lowest BCUT2D eigenvalue weighted by molar-refractivity contribution is 1.07. The van der Waals surface area contributed by atoms with Crippen molar-refractivity contribution < 1.29 is 0 Å². The van der Waals surface area contributed by atoms with Crippen molar-refractivity contribution in [2.45, 2.75) is 0 Å². The highest BCUT2D eigenvalue weighted by molar-refractivity contribution is 7.26. The van der Waals surface area contributed by atoms with Crippen LogP contribution in [0.4, 0.5) is 0 Å². The minimum Gasteiger partial charge on any atom is -0.308 e. The second-order valence-electron chi connectivity index (χ2n) is 14.4. The first-order valence-corrected chi connectivity index (χ1v) is 19.7. The Hall–Kier alpha value is -7.21. The average molecular weight is 731 g/mol. The molecule has 0 aliphatic carbocycles. The van der Waals surface area contributed by atoms with E-state index in [1.807, 2.05) is 11.3 Å². The lowest BCUT2D eigenvalue weighted by atomic mass is 10.0. The smallest absolute Gasteiger partial charge is 0.166 e. The number of aromatic nitrogens is 4. The van der Waals surface area contributed by atoms with E-state index in [4.69, 9.17) is 15.0 Å². The van der Waals surface area contributed by atoms with Crippen LogP contribution in [0.2, 0.25) is 0 Å². The fourth-order valence-electron chi connectivity index (χ4n) is 8.54. The van der Waals surface area contributed by atoms with E-state index in [0.717, 1.165) is 49.6 Å². The number of hydrogen-bond donors (Lipinski definition) is 0. The van der Waals surface area contributed by atoms with Crippen LogP contribution < -0.4 is 0 Å². The zero-order valence-electron chi connectivity index (χ0n) is 30.0. The van der Waals surface area contributed by atoms with Crippen LogP contribution in [0, 0.1) is 0 Å². The van der Waals surface area contributed by atoms with Crippen molar-refractivity contribution in [1.82, 2.24) is 19.5 Å². The number of fused-ring (bicyclic) bond motifs is 9. The summed E-state index contributed by atoms with van der Waals surface area (Å²) in [6.07, 6.45) is 0. The molecule has 0 unspecified atom stereocenters. The normalized spacial score (nSPS) is 11.9. The predicted octanol–water partition coefficient (Wildman–Crippen LogP) is 13.8. The molecule has 56 heavy (non-hydrogen) atoms. The summed E-state index contributed by atoms with van der Waals surface area (Å²) in [7, 11) is 0. The number of benzene rings is 9. The minimum absolute atomic E-state index is 0.639. The van der Waals surface area contributed by atoms with E-state index in [1.54, 1.807) is 0 Å². The fourth-order valence-corrected chi connectivity index (χ4v) is 9.65. The highest BCUT2D eigenvalue weighted by Gasteiger charge is 2.24. The van der Waals surface area contributed by atoms with Gasteiger partial charge in [0.2, 0.25) is 0 Å². The fraction of sp³-hybridized carbons (Fsp3) is 0. The standard InChI is InChI=1S/C51H30N4S/c1-3-13-33-27-37(23-21-31(33)11-1)49-52-50(38-24-22-32-12-2-4-14-34(32)28-38)54-51(53-49)48-43(25-26-46-47(48)40-18-8-10-20-45(40)56-46)55-42-19-9-7-17-39(42)41-29-35-15-5-6-16-36(35)30-44(41)55/h1-30H. The second kappa shape index (κ2) is 12.2. The van der Waals surface area contributed by atoms with E-state index in [9.17, 15) is 0 Å². The van der Waals surface area contributed by atoms with Crippen LogP contribution in [0.1, 0.15) is 0 Å². The first-order chi connectivity index (χ1) is 27.7. The van der Waals surface area contributed by atoms with Crippen LogP contribution in [0.5, 0.6) is 0 Å². The van der Waals surface area contributed by atoms with Crippen molar-refractivity contribution in [2.24, 2.45) is 0 Å². The Balaban J connectivity index is 1.22. The first kappa shape index (κ1) is 31.2. The largest absolute Gasteiger partial charge is 0.308 e. The zero-order valence-corrected chi connectivity index (χ0v) is 30.8. The van der Waals surface area contributed by atoms with Crippen molar-refractivity contribution >= 4 is 85.6 Å². The molecule has 0 bridgehead atoms. The van der Waals surface area contributed by atoms with E-state index in [1.165, 1.54) is 47.1 Å². The molecule has 260 valence electrons. The van der Waals surface area contributed by atoms with Crippen LogP contribution in [0.25, 0.3) is 114 Å². The lowest BCUT2D eigenvalue weighted by Crippen LogP contribution is -2.04. The Morgan fingerprint density at radius 1 is 0.357 bits per heavy atom. The van der Waals surface area contributed by atoms with E-state index >= 15 is 0 Å². The molecule has 0 fully saturated rings. The molecule has 9 aromatic carbocycles. The maximum atomic E-state index is 5.45. The molecule has 0 aliphatic rings. The van der Waals surface area contributed by atoms with E-state index in [0.29, 0.717) is 17.5 Å². The molecule has 3 aromatic heterocycles.